The van der Waals surface area contributed by atoms with E-state index >= 15 is 0 Å². The average Bonchev–Trinajstić information content (AvgIpc) is 3.40. The second-order valence-electron chi connectivity index (χ2n) is 6.08. The van der Waals surface area contributed by atoms with Gasteiger partial charge in [-0.15, -0.1) is 11.3 Å². The van der Waals surface area contributed by atoms with Crippen LogP contribution >= 0.6 is 11.3 Å². The fraction of sp³-hybridized carbons (Fsp3) is 0.300. The summed E-state index contributed by atoms with van der Waals surface area (Å²) in [7, 11) is 2.79. The molecule has 0 N–H and O–H groups in total. The van der Waals surface area contributed by atoms with E-state index < -0.39 is 11.9 Å². The molecule has 0 saturated heterocycles. The SMILES string of the molecule is COCCOCC(=O)OCn1cc(C(=O)c2nc(C(=O)OC)cs2)c2ccccc21. The predicted molar refractivity (Wildman–Crippen MR) is 108 cm³/mol. The van der Waals surface area contributed by atoms with Crippen LogP contribution in [0.4, 0.5) is 0 Å². The predicted octanol–water partition coefficient (Wildman–Crippen LogP) is 2.28. The van der Waals surface area contributed by atoms with Crippen molar-refractivity contribution in [2.24, 2.45) is 0 Å². The van der Waals surface area contributed by atoms with Gasteiger partial charge in [0, 0.05) is 24.1 Å². The van der Waals surface area contributed by atoms with Crippen molar-refractivity contribution >= 4 is 40.0 Å². The van der Waals surface area contributed by atoms with Crippen molar-refractivity contribution in [1.82, 2.24) is 9.55 Å². The number of carbonyl (C=O) groups is 3. The summed E-state index contributed by atoms with van der Waals surface area (Å²) in [6, 6.07) is 7.24. The van der Waals surface area contributed by atoms with Crippen LogP contribution in [0.2, 0.25) is 0 Å². The lowest BCUT2D eigenvalue weighted by Crippen LogP contribution is -2.16. The Hall–Kier alpha value is -3.08. The summed E-state index contributed by atoms with van der Waals surface area (Å²) in [4.78, 5) is 40.5. The minimum Gasteiger partial charge on any atom is -0.464 e. The molecule has 0 saturated carbocycles. The van der Waals surface area contributed by atoms with Crippen LogP contribution in [0.1, 0.15) is 25.9 Å². The van der Waals surface area contributed by atoms with Crippen LogP contribution in [0, 0.1) is 0 Å². The van der Waals surface area contributed by atoms with Crippen LogP contribution < -0.4 is 0 Å². The molecular formula is C20H20N2O7S. The van der Waals surface area contributed by atoms with Crippen molar-refractivity contribution in [1.29, 1.82) is 0 Å². The number of hydrogen-bond donors (Lipinski definition) is 0. The molecular weight excluding hydrogens is 412 g/mol. The van der Waals surface area contributed by atoms with Gasteiger partial charge in [0.1, 0.15) is 6.61 Å². The molecule has 0 radical (unpaired) electrons. The first kappa shape index (κ1) is 21.6. The molecule has 9 nitrogen and oxygen atoms in total. The lowest BCUT2D eigenvalue weighted by molar-refractivity contribution is -0.153. The number of fused-ring (bicyclic) bond motifs is 1. The lowest BCUT2D eigenvalue weighted by atomic mass is 10.1. The molecule has 0 spiro atoms. The summed E-state index contributed by atoms with van der Waals surface area (Å²) in [5.74, 6) is -1.47. The van der Waals surface area contributed by atoms with Crippen LogP contribution in [0.3, 0.4) is 0 Å². The average molecular weight is 432 g/mol. The van der Waals surface area contributed by atoms with Gasteiger partial charge in [0.05, 0.1) is 31.4 Å². The third-order valence-electron chi connectivity index (χ3n) is 4.14. The van der Waals surface area contributed by atoms with E-state index in [0.29, 0.717) is 17.6 Å². The topological polar surface area (TPSA) is 106 Å². The number of para-hydroxylation sites is 1. The Morgan fingerprint density at radius 2 is 1.93 bits per heavy atom. The zero-order valence-electron chi connectivity index (χ0n) is 16.5. The molecule has 0 amide bonds. The smallest absolute Gasteiger partial charge is 0.357 e. The maximum atomic E-state index is 13.0. The first-order valence-corrected chi connectivity index (χ1v) is 9.81. The largest absolute Gasteiger partial charge is 0.464 e. The number of nitrogens with zero attached hydrogens (tertiary/aromatic N) is 2. The van der Waals surface area contributed by atoms with Gasteiger partial charge in [-0.1, -0.05) is 18.2 Å². The number of benzene rings is 1. The Bertz CT molecular complexity index is 1060. The van der Waals surface area contributed by atoms with Gasteiger partial charge in [-0.25, -0.2) is 14.6 Å². The van der Waals surface area contributed by atoms with Crippen LogP contribution in [-0.4, -0.2) is 61.3 Å². The number of methoxy groups -OCH3 is 2. The second-order valence-corrected chi connectivity index (χ2v) is 6.94. The van der Waals surface area contributed by atoms with Crippen LogP contribution in [0.15, 0.2) is 35.8 Å². The highest BCUT2D eigenvalue weighted by Gasteiger charge is 2.21. The molecule has 2 aromatic heterocycles. The fourth-order valence-corrected chi connectivity index (χ4v) is 3.45. The maximum absolute atomic E-state index is 13.0. The number of hydrogen-bond acceptors (Lipinski definition) is 9. The molecule has 10 heteroatoms. The minimum absolute atomic E-state index is 0.0778. The van der Waals surface area contributed by atoms with Gasteiger partial charge in [0.2, 0.25) is 5.78 Å². The van der Waals surface area contributed by atoms with Gasteiger partial charge in [-0.3, -0.25) is 4.79 Å². The Labute approximate surface area is 176 Å². The van der Waals surface area contributed by atoms with Crippen molar-refractivity contribution in [2.75, 3.05) is 34.0 Å². The molecule has 158 valence electrons. The number of ketones is 1. The van der Waals surface area contributed by atoms with E-state index in [9.17, 15) is 14.4 Å². The van der Waals surface area contributed by atoms with E-state index in [1.54, 1.807) is 30.0 Å². The minimum atomic E-state index is -0.604. The molecule has 30 heavy (non-hydrogen) atoms. The van der Waals surface area contributed by atoms with Crippen molar-refractivity contribution in [2.45, 2.75) is 6.73 Å². The second kappa shape index (κ2) is 10.1. The summed E-state index contributed by atoms with van der Waals surface area (Å²) in [5, 5.41) is 2.33. The van der Waals surface area contributed by atoms with E-state index in [1.807, 2.05) is 12.1 Å². The van der Waals surface area contributed by atoms with Crippen LogP contribution in [0.5, 0.6) is 0 Å². The molecule has 2 heterocycles. The van der Waals surface area contributed by atoms with Crippen molar-refractivity contribution in [3.63, 3.8) is 0 Å². The maximum Gasteiger partial charge on any atom is 0.357 e. The number of carbonyl (C=O) groups excluding carboxylic acids is 3. The third kappa shape index (κ3) is 4.90. The Kier molecular flexibility index (Phi) is 7.28. The fourth-order valence-electron chi connectivity index (χ4n) is 2.71. The highest BCUT2D eigenvalue weighted by atomic mass is 32.1. The summed E-state index contributed by atoms with van der Waals surface area (Å²) in [6.45, 7) is 0.406. The molecule has 0 aliphatic heterocycles. The molecule has 0 bridgehead atoms. The summed E-state index contributed by atoms with van der Waals surface area (Å²) >= 11 is 1.06. The number of thiazole rings is 1. The molecule has 3 aromatic rings. The van der Waals surface area contributed by atoms with Crippen molar-refractivity contribution in [3.05, 3.63) is 52.1 Å². The first-order chi connectivity index (χ1) is 14.5. The van der Waals surface area contributed by atoms with E-state index in [-0.39, 0.29) is 36.4 Å². The highest BCUT2D eigenvalue weighted by molar-refractivity contribution is 7.12. The van der Waals surface area contributed by atoms with Gasteiger partial charge >= 0.3 is 11.9 Å². The van der Waals surface area contributed by atoms with E-state index in [0.717, 1.165) is 16.9 Å². The molecule has 0 aliphatic carbocycles. The molecule has 0 unspecified atom stereocenters. The summed E-state index contributed by atoms with van der Waals surface area (Å²) in [6.07, 6.45) is 1.60. The van der Waals surface area contributed by atoms with Gasteiger partial charge in [0.15, 0.2) is 17.4 Å². The molecule has 0 atom stereocenters. The van der Waals surface area contributed by atoms with Crippen LogP contribution in [0.25, 0.3) is 10.9 Å². The third-order valence-corrected chi connectivity index (χ3v) is 4.98. The monoisotopic (exact) mass is 432 g/mol. The number of rotatable bonds is 10. The van der Waals surface area contributed by atoms with Gasteiger partial charge in [0.25, 0.3) is 0 Å². The van der Waals surface area contributed by atoms with Crippen molar-refractivity contribution < 1.29 is 33.3 Å². The number of esters is 2. The van der Waals surface area contributed by atoms with Gasteiger partial charge in [-0.2, -0.15) is 0 Å². The Morgan fingerprint density at radius 1 is 1.13 bits per heavy atom. The van der Waals surface area contributed by atoms with Crippen LogP contribution in [-0.2, 0) is 30.5 Å². The Morgan fingerprint density at radius 3 is 2.70 bits per heavy atom. The molecule has 0 fully saturated rings. The van der Waals surface area contributed by atoms with Crippen molar-refractivity contribution in [3.8, 4) is 0 Å². The summed E-state index contributed by atoms with van der Waals surface area (Å²) < 4.78 is 21.5. The normalized spacial score (nSPS) is 10.9. The standard InChI is InChI=1S/C20H20N2O7S/c1-26-7-8-28-10-17(23)29-12-22-9-14(13-5-3-4-6-16(13)22)18(24)19-21-15(11-30-19)20(25)27-2/h3-6,9,11H,7-8,10,12H2,1-2H3. The quantitative estimate of drug-likeness (QED) is 0.273. The zero-order valence-corrected chi connectivity index (χ0v) is 17.3. The number of ether oxygens (including phenoxy) is 4. The molecule has 1 aromatic carbocycles. The van der Waals surface area contributed by atoms with E-state index in [1.165, 1.54) is 12.5 Å². The molecule has 0 aliphatic rings. The number of aromatic nitrogens is 2. The zero-order chi connectivity index (χ0) is 21.5. The Balaban J connectivity index is 1.77. The molecule has 3 rings (SSSR count). The highest BCUT2D eigenvalue weighted by Crippen LogP contribution is 2.25. The van der Waals surface area contributed by atoms with Gasteiger partial charge in [-0.05, 0) is 6.07 Å². The first-order valence-electron chi connectivity index (χ1n) is 8.94. The van der Waals surface area contributed by atoms with E-state index in [4.69, 9.17) is 14.2 Å². The van der Waals surface area contributed by atoms with Gasteiger partial charge < -0.3 is 23.5 Å². The van der Waals surface area contributed by atoms with E-state index in [2.05, 4.69) is 9.72 Å². The lowest BCUT2D eigenvalue weighted by Gasteiger charge is -2.07. The summed E-state index contributed by atoms with van der Waals surface area (Å²) in [5.41, 5.74) is 1.19.